The Kier molecular flexibility index (Phi) is 9.01. The second kappa shape index (κ2) is 12.2. The lowest BCUT2D eigenvalue weighted by Crippen LogP contribution is -2.55. The van der Waals surface area contributed by atoms with Crippen LogP contribution in [0.2, 0.25) is 5.02 Å². The highest BCUT2D eigenvalue weighted by molar-refractivity contribution is 6.30. The molecule has 2 aromatic rings. The van der Waals surface area contributed by atoms with Crippen LogP contribution < -0.4 is 5.32 Å². The van der Waals surface area contributed by atoms with Crippen molar-refractivity contribution in [3.05, 3.63) is 69.7 Å². The van der Waals surface area contributed by atoms with Crippen molar-refractivity contribution in [2.24, 2.45) is 5.92 Å². The van der Waals surface area contributed by atoms with Crippen molar-refractivity contribution >= 4 is 23.4 Å². The van der Waals surface area contributed by atoms with Gasteiger partial charge in [-0.05, 0) is 107 Å². The number of piperidine rings is 2. The van der Waals surface area contributed by atoms with Gasteiger partial charge in [-0.25, -0.2) is 8.78 Å². The van der Waals surface area contributed by atoms with E-state index in [2.05, 4.69) is 48.9 Å². The van der Waals surface area contributed by atoms with Gasteiger partial charge in [0.05, 0.1) is 6.04 Å². The van der Waals surface area contributed by atoms with E-state index >= 15 is 4.39 Å². The number of fused-ring (bicyclic) bond motifs is 2. The summed E-state index contributed by atoms with van der Waals surface area (Å²) in [6, 6.07) is 9.89. The predicted octanol–water partition coefficient (Wildman–Crippen LogP) is 7.35. The van der Waals surface area contributed by atoms with Crippen LogP contribution in [-0.2, 0) is 9.59 Å². The average Bonchev–Trinajstić information content (AvgIpc) is 3.19. The standard InChI is InChI=1S/C34H44ClF2N3O2/c1-6-32(38-20(2)41)29-17-22(35)7-11-26(29)21-15-24-9-10-25(16-21)40(24)33(42)28-13-14-39(34(3,4)5)19-30(28)27-12-8-23(36)18-31(27)37/h7-8,11-12,17-18,21,24-25,28,30,32H,6,9-10,13-16,19H2,1-5H3,(H,38,41)/t21?,24?,25?,28?,30-,32?/m0/s1. The third-order valence-corrected chi connectivity index (χ3v) is 10.1. The Labute approximate surface area is 254 Å². The molecule has 2 amide bonds. The quantitative estimate of drug-likeness (QED) is 0.378. The van der Waals surface area contributed by atoms with E-state index in [1.54, 1.807) is 0 Å². The smallest absolute Gasteiger partial charge is 0.226 e. The molecule has 0 aromatic heterocycles. The van der Waals surface area contributed by atoms with Crippen LogP contribution in [0, 0.1) is 17.6 Å². The summed E-state index contributed by atoms with van der Waals surface area (Å²) in [5.74, 6) is -1.56. The molecule has 8 heteroatoms. The molecule has 3 aliphatic heterocycles. The summed E-state index contributed by atoms with van der Waals surface area (Å²) in [6.45, 7) is 11.3. The zero-order chi connectivity index (χ0) is 30.3. The fourth-order valence-electron chi connectivity index (χ4n) is 7.82. The molecular formula is C34H44ClF2N3O2. The molecule has 0 radical (unpaired) electrons. The maximum atomic E-state index is 15.2. The third-order valence-electron chi connectivity index (χ3n) is 9.88. The van der Waals surface area contributed by atoms with Crippen molar-refractivity contribution in [2.45, 2.75) is 109 Å². The first-order valence-electron chi connectivity index (χ1n) is 15.5. The van der Waals surface area contributed by atoms with Crippen molar-refractivity contribution in [3.8, 4) is 0 Å². The molecule has 0 saturated carbocycles. The SMILES string of the molecule is CCC(NC(C)=O)c1cc(Cl)ccc1C1CC2CCC(C1)N2C(=O)C1CCN(C(C)(C)C)C[C@H]1c1ccc(F)cc1F. The van der Waals surface area contributed by atoms with Gasteiger partial charge in [-0.3, -0.25) is 14.5 Å². The van der Waals surface area contributed by atoms with Crippen molar-refractivity contribution in [2.75, 3.05) is 13.1 Å². The number of rotatable bonds is 6. The second-order valence-corrected chi connectivity index (χ2v) is 14.0. The van der Waals surface area contributed by atoms with Crippen LogP contribution >= 0.6 is 11.6 Å². The van der Waals surface area contributed by atoms with Gasteiger partial charge in [0, 0.05) is 54.0 Å². The van der Waals surface area contributed by atoms with Gasteiger partial charge < -0.3 is 10.2 Å². The van der Waals surface area contributed by atoms with Crippen LogP contribution in [0.25, 0.3) is 0 Å². The largest absolute Gasteiger partial charge is 0.350 e. The van der Waals surface area contributed by atoms with E-state index in [-0.39, 0.29) is 53.2 Å². The van der Waals surface area contributed by atoms with Crippen LogP contribution in [-0.4, -0.2) is 52.3 Å². The van der Waals surface area contributed by atoms with E-state index in [9.17, 15) is 14.0 Å². The van der Waals surface area contributed by atoms with E-state index in [1.807, 2.05) is 12.1 Å². The van der Waals surface area contributed by atoms with E-state index in [4.69, 9.17) is 11.6 Å². The summed E-state index contributed by atoms with van der Waals surface area (Å²) in [4.78, 5) is 30.8. The van der Waals surface area contributed by atoms with Gasteiger partial charge in [-0.15, -0.1) is 0 Å². The molecule has 3 heterocycles. The van der Waals surface area contributed by atoms with E-state index in [1.165, 1.54) is 24.6 Å². The lowest BCUT2D eigenvalue weighted by molar-refractivity contribution is -0.143. The number of halogens is 3. The maximum Gasteiger partial charge on any atom is 0.226 e. The Bertz CT molecular complexity index is 1310. The molecule has 5 atom stereocenters. The molecule has 0 aliphatic carbocycles. The first-order valence-corrected chi connectivity index (χ1v) is 15.8. The Hall–Kier alpha value is -2.51. The third kappa shape index (κ3) is 6.23. The first kappa shape index (κ1) is 30.9. The highest BCUT2D eigenvalue weighted by Crippen LogP contribution is 2.47. The minimum atomic E-state index is -0.604. The van der Waals surface area contributed by atoms with Gasteiger partial charge in [0.15, 0.2) is 0 Å². The lowest BCUT2D eigenvalue weighted by atomic mass is 9.76. The van der Waals surface area contributed by atoms with Crippen LogP contribution in [0.15, 0.2) is 36.4 Å². The summed E-state index contributed by atoms with van der Waals surface area (Å²) in [5.41, 5.74) is 2.57. The number of nitrogens with one attached hydrogen (secondary N) is 1. The summed E-state index contributed by atoms with van der Waals surface area (Å²) in [6.07, 6.45) is 5.01. The molecule has 0 spiro atoms. The van der Waals surface area contributed by atoms with Crippen LogP contribution in [0.5, 0.6) is 0 Å². The number of nitrogens with zero attached hydrogens (tertiary/aromatic N) is 2. The first-order chi connectivity index (χ1) is 19.9. The van der Waals surface area contributed by atoms with E-state index in [0.717, 1.165) is 50.3 Å². The fraction of sp³-hybridized carbons (Fsp3) is 0.588. The van der Waals surface area contributed by atoms with Crippen molar-refractivity contribution in [1.82, 2.24) is 15.1 Å². The van der Waals surface area contributed by atoms with Gasteiger partial charge in [-0.2, -0.15) is 0 Å². The van der Waals surface area contributed by atoms with Gasteiger partial charge in [0.2, 0.25) is 11.8 Å². The van der Waals surface area contributed by atoms with Crippen molar-refractivity contribution in [3.63, 3.8) is 0 Å². The molecule has 5 rings (SSSR count). The van der Waals surface area contributed by atoms with E-state index < -0.39 is 11.6 Å². The average molecular weight is 600 g/mol. The van der Waals surface area contributed by atoms with Crippen molar-refractivity contribution in [1.29, 1.82) is 0 Å². The molecule has 5 nitrogen and oxygen atoms in total. The van der Waals surface area contributed by atoms with E-state index in [0.29, 0.717) is 23.6 Å². The van der Waals surface area contributed by atoms with Crippen LogP contribution in [0.4, 0.5) is 8.78 Å². The maximum absolute atomic E-state index is 15.2. The Morgan fingerprint density at radius 1 is 1.02 bits per heavy atom. The minimum Gasteiger partial charge on any atom is -0.350 e. The van der Waals surface area contributed by atoms with Gasteiger partial charge in [0.1, 0.15) is 11.6 Å². The number of amides is 2. The molecule has 3 aliphatic rings. The summed E-state index contributed by atoms with van der Waals surface area (Å²) >= 11 is 6.42. The number of carbonyl (C=O) groups is 2. The number of benzene rings is 2. The molecule has 2 aromatic carbocycles. The van der Waals surface area contributed by atoms with Gasteiger partial charge in [0.25, 0.3) is 0 Å². The number of hydrogen-bond acceptors (Lipinski definition) is 3. The molecule has 3 fully saturated rings. The summed E-state index contributed by atoms with van der Waals surface area (Å²) in [5, 5.41) is 3.73. The van der Waals surface area contributed by atoms with Crippen molar-refractivity contribution < 1.29 is 18.4 Å². The normalized spacial score (nSPS) is 27.1. The molecule has 228 valence electrons. The monoisotopic (exact) mass is 599 g/mol. The molecule has 4 unspecified atom stereocenters. The summed E-state index contributed by atoms with van der Waals surface area (Å²) < 4.78 is 29.0. The highest BCUT2D eigenvalue weighted by Gasteiger charge is 2.48. The van der Waals surface area contributed by atoms with Crippen LogP contribution in [0.3, 0.4) is 0 Å². The molecule has 2 bridgehead atoms. The lowest BCUT2D eigenvalue weighted by Gasteiger charge is -2.47. The second-order valence-electron chi connectivity index (χ2n) is 13.5. The van der Waals surface area contributed by atoms with Gasteiger partial charge >= 0.3 is 0 Å². The predicted molar refractivity (Wildman–Crippen MR) is 162 cm³/mol. The molecule has 3 saturated heterocycles. The fourth-order valence-corrected chi connectivity index (χ4v) is 8.00. The Morgan fingerprint density at radius 2 is 1.69 bits per heavy atom. The topological polar surface area (TPSA) is 52.7 Å². The highest BCUT2D eigenvalue weighted by atomic mass is 35.5. The molecule has 42 heavy (non-hydrogen) atoms. The number of hydrogen-bond donors (Lipinski definition) is 1. The molecule has 1 N–H and O–H groups in total. The van der Waals surface area contributed by atoms with Crippen LogP contribution in [0.1, 0.15) is 108 Å². The number of likely N-dealkylation sites (tertiary alicyclic amines) is 1. The Balaban J connectivity index is 1.41. The molecular weight excluding hydrogens is 556 g/mol. The Morgan fingerprint density at radius 3 is 2.29 bits per heavy atom. The zero-order valence-corrected chi connectivity index (χ0v) is 26.2. The zero-order valence-electron chi connectivity index (χ0n) is 25.4. The van der Waals surface area contributed by atoms with Gasteiger partial charge in [-0.1, -0.05) is 30.7 Å². The number of carbonyl (C=O) groups excluding carboxylic acids is 2. The minimum absolute atomic E-state index is 0.0714. The summed E-state index contributed by atoms with van der Waals surface area (Å²) in [7, 11) is 0.